The van der Waals surface area contributed by atoms with Crippen LogP contribution in [0.2, 0.25) is 0 Å². The first-order chi connectivity index (χ1) is 12.5. The highest BCUT2D eigenvalue weighted by Gasteiger charge is 2.28. The van der Waals surface area contributed by atoms with E-state index >= 15 is 0 Å². The van der Waals surface area contributed by atoms with E-state index in [1.54, 1.807) is 24.0 Å². The lowest BCUT2D eigenvalue weighted by Crippen LogP contribution is -2.33. The molecular formula is C19H19N3O4. The van der Waals surface area contributed by atoms with E-state index in [0.717, 1.165) is 24.3 Å². The third-order valence-corrected chi connectivity index (χ3v) is 5.04. The van der Waals surface area contributed by atoms with Crippen molar-refractivity contribution in [3.63, 3.8) is 0 Å². The number of fused-ring (bicyclic) bond motifs is 1. The van der Waals surface area contributed by atoms with Crippen LogP contribution in [0.4, 0.5) is 21.9 Å². The lowest BCUT2D eigenvalue weighted by Gasteiger charge is -2.33. The van der Waals surface area contributed by atoms with Crippen LogP contribution >= 0.6 is 0 Å². The molecule has 1 fully saturated rings. The van der Waals surface area contributed by atoms with Gasteiger partial charge in [-0.15, -0.1) is 0 Å². The second kappa shape index (κ2) is 6.33. The Morgan fingerprint density at radius 1 is 1.19 bits per heavy atom. The lowest BCUT2D eigenvalue weighted by molar-refractivity contribution is -0.385. The van der Waals surface area contributed by atoms with Gasteiger partial charge in [-0.05, 0) is 42.7 Å². The van der Waals surface area contributed by atoms with E-state index in [0.29, 0.717) is 25.3 Å². The van der Waals surface area contributed by atoms with Gasteiger partial charge >= 0.3 is 6.09 Å². The Labute approximate surface area is 150 Å². The minimum absolute atomic E-state index is 0.140. The molecule has 2 aliphatic heterocycles. The van der Waals surface area contributed by atoms with Gasteiger partial charge in [-0.1, -0.05) is 12.1 Å². The Balaban J connectivity index is 1.62. The topological polar surface area (TPSA) is 75.9 Å². The molecule has 0 aliphatic carbocycles. The summed E-state index contributed by atoms with van der Waals surface area (Å²) < 4.78 is 5.07. The zero-order valence-corrected chi connectivity index (χ0v) is 14.5. The van der Waals surface area contributed by atoms with Crippen LogP contribution < -0.4 is 9.80 Å². The van der Waals surface area contributed by atoms with E-state index < -0.39 is 0 Å². The van der Waals surface area contributed by atoms with Crippen molar-refractivity contribution in [1.82, 2.24) is 0 Å². The predicted octanol–water partition coefficient (Wildman–Crippen LogP) is 3.42. The average Bonchev–Trinajstić information content (AvgIpc) is 3.06. The molecule has 2 aliphatic rings. The molecule has 0 aromatic heterocycles. The number of amides is 1. The maximum Gasteiger partial charge on any atom is 0.414 e. The maximum atomic E-state index is 11.9. The number of nitro groups is 1. The Kier molecular flexibility index (Phi) is 3.99. The Bertz CT molecular complexity index is 896. The van der Waals surface area contributed by atoms with Crippen molar-refractivity contribution in [3.8, 4) is 0 Å². The third kappa shape index (κ3) is 2.75. The summed E-state index contributed by atoms with van der Waals surface area (Å²) in [6.07, 6.45) is 0.525. The summed E-state index contributed by atoms with van der Waals surface area (Å²) in [6, 6.07) is 11.2. The largest absolute Gasteiger partial charge is 0.447 e. The fourth-order valence-corrected chi connectivity index (χ4v) is 3.72. The number of aryl methyl sites for hydroxylation is 1. The summed E-state index contributed by atoms with van der Waals surface area (Å²) in [5.41, 5.74) is 5.06. The second-order valence-electron chi connectivity index (χ2n) is 6.58. The zero-order valence-electron chi connectivity index (χ0n) is 14.5. The molecule has 26 heavy (non-hydrogen) atoms. The first-order valence-corrected chi connectivity index (χ1v) is 8.59. The van der Waals surface area contributed by atoms with Gasteiger partial charge in [0.1, 0.15) is 6.61 Å². The highest BCUT2D eigenvalue weighted by molar-refractivity contribution is 5.90. The van der Waals surface area contributed by atoms with Crippen molar-refractivity contribution < 1.29 is 14.5 Å². The lowest BCUT2D eigenvalue weighted by atomic mass is 9.96. The molecule has 0 saturated carbocycles. The van der Waals surface area contributed by atoms with Crippen molar-refractivity contribution in [3.05, 3.63) is 63.2 Å². The molecular weight excluding hydrogens is 334 g/mol. The monoisotopic (exact) mass is 353 g/mol. The number of hydrogen-bond donors (Lipinski definition) is 0. The van der Waals surface area contributed by atoms with Gasteiger partial charge in [-0.3, -0.25) is 15.0 Å². The van der Waals surface area contributed by atoms with E-state index in [-0.39, 0.29) is 16.7 Å². The second-order valence-corrected chi connectivity index (χ2v) is 6.58. The Morgan fingerprint density at radius 2 is 2.04 bits per heavy atom. The van der Waals surface area contributed by atoms with Gasteiger partial charge in [0.2, 0.25) is 0 Å². The number of carbonyl (C=O) groups excluding carboxylic acids is 1. The number of hydrogen-bond acceptors (Lipinski definition) is 5. The van der Waals surface area contributed by atoms with Crippen LogP contribution in [-0.2, 0) is 17.7 Å². The van der Waals surface area contributed by atoms with Gasteiger partial charge in [0.05, 0.1) is 17.2 Å². The summed E-state index contributed by atoms with van der Waals surface area (Å²) in [7, 11) is 0. The molecule has 4 rings (SSSR count). The Hall–Kier alpha value is -3.09. The summed E-state index contributed by atoms with van der Waals surface area (Å²) in [5, 5.41) is 11.0. The molecule has 2 aromatic carbocycles. The van der Waals surface area contributed by atoms with Crippen LogP contribution in [-0.4, -0.2) is 30.7 Å². The first kappa shape index (κ1) is 16.4. The molecule has 2 heterocycles. The molecule has 134 valence electrons. The van der Waals surface area contributed by atoms with Crippen LogP contribution in [0.3, 0.4) is 0 Å². The Morgan fingerprint density at radius 3 is 2.73 bits per heavy atom. The van der Waals surface area contributed by atoms with Gasteiger partial charge in [0, 0.05) is 30.4 Å². The number of benzene rings is 2. The summed E-state index contributed by atoms with van der Waals surface area (Å²) >= 11 is 0. The normalized spacial score (nSPS) is 16.4. The number of carbonyl (C=O) groups is 1. The van der Waals surface area contributed by atoms with Crippen LogP contribution in [0, 0.1) is 17.0 Å². The van der Waals surface area contributed by atoms with Gasteiger partial charge in [-0.25, -0.2) is 4.79 Å². The SMILES string of the molecule is Cc1cc(N2CCc3c(cccc3N3CCOC3=O)C2)ccc1[N+](=O)[O-]. The highest BCUT2D eigenvalue weighted by Crippen LogP contribution is 2.33. The summed E-state index contributed by atoms with van der Waals surface area (Å²) in [4.78, 5) is 26.5. The van der Waals surface area contributed by atoms with Crippen molar-refractivity contribution in [2.75, 3.05) is 29.5 Å². The van der Waals surface area contributed by atoms with Crippen LogP contribution in [0.5, 0.6) is 0 Å². The van der Waals surface area contributed by atoms with Crippen LogP contribution in [0.15, 0.2) is 36.4 Å². The number of nitrogens with zero attached hydrogens (tertiary/aromatic N) is 3. The number of ether oxygens (including phenoxy) is 1. The minimum Gasteiger partial charge on any atom is -0.447 e. The van der Waals surface area contributed by atoms with Crippen molar-refractivity contribution >= 4 is 23.2 Å². The van der Waals surface area contributed by atoms with E-state index in [1.807, 2.05) is 18.2 Å². The first-order valence-electron chi connectivity index (χ1n) is 8.59. The highest BCUT2D eigenvalue weighted by atomic mass is 16.6. The molecule has 0 bridgehead atoms. The van der Waals surface area contributed by atoms with Gasteiger partial charge < -0.3 is 9.64 Å². The average molecular weight is 353 g/mol. The van der Waals surface area contributed by atoms with Crippen LogP contribution in [0.1, 0.15) is 16.7 Å². The molecule has 0 N–H and O–H groups in total. The molecule has 7 heteroatoms. The molecule has 0 spiro atoms. The molecule has 1 saturated heterocycles. The van der Waals surface area contributed by atoms with Crippen molar-refractivity contribution in [2.24, 2.45) is 0 Å². The third-order valence-electron chi connectivity index (χ3n) is 5.04. The zero-order chi connectivity index (χ0) is 18.3. The van der Waals surface area contributed by atoms with E-state index in [2.05, 4.69) is 11.0 Å². The molecule has 2 aromatic rings. The molecule has 0 radical (unpaired) electrons. The number of cyclic esters (lactones) is 1. The van der Waals surface area contributed by atoms with Crippen LogP contribution in [0.25, 0.3) is 0 Å². The standard InChI is InChI=1S/C19H19N3O4/c1-13-11-15(5-6-17(13)22(24)25)20-8-7-16-14(12-20)3-2-4-18(16)21-9-10-26-19(21)23/h2-6,11H,7-10,12H2,1H3. The summed E-state index contributed by atoms with van der Waals surface area (Å²) in [6.45, 7) is 4.28. The predicted molar refractivity (Wildman–Crippen MR) is 97.7 cm³/mol. The van der Waals surface area contributed by atoms with Gasteiger partial charge in [0.15, 0.2) is 0 Å². The maximum absolute atomic E-state index is 11.9. The molecule has 0 atom stereocenters. The fourth-order valence-electron chi connectivity index (χ4n) is 3.72. The molecule has 7 nitrogen and oxygen atoms in total. The number of rotatable bonds is 3. The smallest absolute Gasteiger partial charge is 0.414 e. The summed E-state index contributed by atoms with van der Waals surface area (Å²) in [5.74, 6) is 0. The van der Waals surface area contributed by atoms with E-state index in [9.17, 15) is 14.9 Å². The molecule has 1 amide bonds. The van der Waals surface area contributed by atoms with E-state index in [1.165, 1.54) is 11.1 Å². The van der Waals surface area contributed by atoms with E-state index in [4.69, 9.17) is 4.74 Å². The van der Waals surface area contributed by atoms with Crippen molar-refractivity contribution in [2.45, 2.75) is 19.9 Å². The van der Waals surface area contributed by atoms with Gasteiger partial charge in [0.25, 0.3) is 5.69 Å². The van der Waals surface area contributed by atoms with Crippen molar-refractivity contribution in [1.29, 1.82) is 0 Å². The minimum atomic E-state index is -0.355. The number of nitro benzene ring substituents is 1. The quantitative estimate of drug-likeness (QED) is 0.624. The molecule has 0 unspecified atom stereocenters. The van der Waals surface area contributed by atoms with Gasteiger partial charge in [-0.2, -0.15) is 0 Å². The fraction of sp³-hybridized carbons (Fsp3) is 0.316. The number of anilines is 2.